The summed E-state index contributed by atoms with van der Waals surface area (Å²) in [6.07, 6.45) is 2.71. The van der Waals surface area contributed by atoms with Crippen molar-refractivity contribution < 1.29 is 32.5 Å². The van der Waals surface area contributed by atoms with Gasteiger partial charge in [-0.05, 0) is 31.4 Å². The molecule has 1 aliphatic rings. The molecule has 4 rings (SSSR count). The number of nitrogens with zero attached hydrogens (tertiary/aromatic N) is 4. The molecule has 1 saturated carbocycles. The van der Waals surface area contributed by atoms with E-state index in [-0.39, 0.29) is 52.4 Å². The molecular weight excluding hydrogens is 532 g/mol. The molecule has 0 saturated heterocycles. The number of hydrogen-bond acceptors (Lipinski definition) is 11. The average Bonchev–Trinajstić information content (AvgIpc) is 3.72. The van der Waals surface area contributed by atoms with Gasteiger partial charge in [0.1, 0.15) is 5.92 Å². The Hall–Kier alpha value is -4.59. The summed E-state index contributed by atoms with van der Waals surface area (Å²) >= 11 is 0. The van der Waals surface area contributed by atoms with Crippen molar-refractivity contribution in [3.63, 3.8) is 0 Å². The second-order valence-corrected chi connectivity index (χ2v) is 9.30. The summed E-state index contributed by atoms with van der Waals surface area (Å²) in [7, 11) is 2.96. The number of hydrogen-bond donors (Lipinski definition) is 4. The van der Waals surface area contributed by atoms with Gasteiger partial charge in [-0.1, -0.05) is 24.6 Å². The molecule has 1 fully saturated rings. The predicted molar refractivity (Wildman–Crippen MR) is 149 cm³/mol. The van der Waals surface area contributed by atoms with E-state index in [1.807, 2.05) is 12.2 Å². The standard InChI is InChI=1S/C27H34N8O6/c1-5-7-17(25(37)29-12-13-39-3)27-32-23(35-41-27)16-8-6-9-18(22(16)40-4)30-19-14-20(31-24(36)15-10-11-15)33-34-21(19)26(38)28-2/h6,8-9,14-15,17H,5,7,10-13H2,1-4H3,(H,28,38)(H,29,37)(H2,30,31,33,36)/i2D3. The second kappa shape index (κ2) is 13.7. The molecule has 1 unspecified atom stereocenters. The lowest BCUT2D eigenvalue weighted by atomic mass is 10.0. The van der Waals surface area contributed by atoms with Crippen molar-refractivity contribution in [3.05, 3.63) is 35.9 Å². The number of para-hydroxylation sites is 1. The van der Waals surface area contributed by atoms with Crippen LogP contribution >= 0.6 is 0 Å². The van der Waals surface area contributed by atoms with Crippen LogP contribution in [0.3, 0.4) is 0 Å². The van der Waals surface area contributed by atoms with Gasteiger partial charge in [-0.2, -0.15) is 4.98 Å². The zero-order valence-corrected chi connectivity index (χ0v) is 22.9. The van der Waals surface area contributed by atoms with Crippen LogP contribution in [0.1, 0.15) is 59.0 Å². The normalized spacial score (nSPS) is 14.7. The van der Waals surface area contributed by atoms with E-state index in [1.54, 1.807) is 25.3 Å². The highest BCUT2D eigenvalue weighted by atomic mass is 16.5. The van der Waals surface area contributed by atoms with Crippen LogP contribution in [-0.4, -0.2) is 72.4 Å². The highest BCUT2D eigenvalue weighted by Gasteiger charge is 2.30. The second-order valence-electron chi connectivity index (χ2n) is 9.30. The monoisotopic (exact) mass is 569 g/mol. The van der Waals surface area contributed by atoms with Gasteiger partial charge in [0.15, 0.2) is 17.3 Å². The fraction of sp³-hybridized carbons (Fsp3) is 0.444. The third-order valence-electron chi connectivity index (χ3n) is 6.29. The maximum absolute atomic E-state index is 12.8. The number of benzene rings is 1. The van der Waals surface area contributed by atoms with Crippen LogP contribution in [0.2, 0.25) is 0 Å². The summed E-state index contributed by atoms with van der Waals surface area (Å²) in [5, 5.41) is 22.3. The first-order valence-corrected chi connectivity index (χ1v) is 13.1. The van der Waals surface area contributed by atoms with E-state index >= 15 is 0 Å². The number of methoxy groups -OCH3 is 2. The molecule has 2 aromatic heterocycles. The zero-order chi connectivity index (χ0) is 31.9. The Bertz CT molecular complexity index is 1490. The Morgan fingerprint density at radius 1 is 1.20 bits per heavy atom. The van der Waals surface area contributed by atoms with Crippen LogP contribution in [0, 0.1) is 5.92 Å². The number of ether oxygens (including phenoxy) is 2. The lowest BCUT2D eigenvalue weighted by Gasteiger charge is -2.16. The van der Waals surface area contributed by atoms with E-state index < -0.39 is 18.8 Å². The highest BCUT2D eigenvalue weighted by molar-refractivity contribution is 6.00. The summed E-state index contributed by atoms with van der Waals surface area (Å²) in [4.78, 5) is 42.4. The first-order valence-electron chi connectivity index (χ1n) is 14.6. The molecule has 1 atom stereocenters. The number of nitrogens with one attached hydrogen (secondary N) is 4. The quantitative estimate of drug-likeness (QED) is 0.209. The largest absolute Gasteiger partial charge is 0.494 e. The van der Waals surface area contributed by atoms with Gasteiger partial charge >= 0.3 is 0 Å². The molecule has 2 heterocycles. The van der Waals surface area contributed by atoms with Gasteiger partial charge in [0.05, 0.1) is 30.7 Å². The van der Waals surface area contributed by atoms with Crippen molar-refractivity contribution >= 4 is 34.9 Å². The lowest BCUT2D eigenvalue weighted by Crippen LogP contribution is -2.32. The van der Waals surface area contributed by atoms with Crippen molar-refractivity contribution in [3.8, 4) is 17.1 Å². The molecule has 14 nitrogen and oxygen atoms in total. The molecule has 1 aromatic carbocycles. The van der Waals surface area contributed by atoms with Gasteiger partial charge in [0, 0.05) is 36.7 Å². The molecule has 3 aromatic rings. The number of amides is 3. The minimum absolute atomic E-state index is 0.0489. The van der Waals surface area contributed by atoms with E-state index in [0.29, 0.717) is 37.2 Å². The Labute approximate surface area is 241 Å². The van der Waals surface area contributed by atoms with Gasteiger partial charge in [-0.3, -0.25) is 14.4 Å². The number of carbonyl (C=O) groups excluding carboxylic acids is 3. The Morgan fingerprint density at radius 2 is 2.02 bits per heavy atom. The van der Waals surface area contributed by atoms with Crippen molar-refractivity contribution in [1.82, 2.24) is 31.0 Å². The van der Waals surface area contributed by atoms with Crippen LogP contribution in [0.25, 0.3) is 11.4 Å². The van der Waals surface area contributed by atoms with Gasteiger partial charge in [-0.15, -0.1) is 10.2 Å². The van der Waals surface area contributed by atoms with Gasteiger partial charge < -0.3 is 35.3 Å². The van der Waals surface area contributed by atoms with Crippen LogP contribution in [-0.2, 0) is 14.3 Å². The maximum atomic E-state index is 12.8. The molecule has 0 spiro atoms. The maximum Gasteiger partial charge on any atom is 0.273 e. The van der Waals surface area contributed by atoms with E-state index in [9.17, 15) is 14.4 Å². The Kier molecular flexibility index (Phi) is 8.45. The molecule has 41 heavy (non-hydrogen) atoms. The zero-order valence-electron chi connectivity index (χ0n) is 25.9. The van der Waals surface area contributed by atoms with E-state index in [1.165, 1.54) is 13.2 Å². The number of rotatable bonds is 14. The number of carbonyl (C=O) groups is 3. The molecule has 14 heteroatoms. The first kappa shape index (κ1) is 25.4. The van der Waals surface area contributed by atoms with Gasteiger partial charge in [0.2, 0.25) is 23.5 Å². The van der Waals surface area contributed by atoms with Crippen molar-refractivity contribution in [2.45, 2.75) is 38.5 Å². The SMILES string of the molecule is [2H]C([2H])([2H])NC(=O)c1nnc(NC(=O)C2CC2)cc1Nc1cccc(-c2noc(C(CCC)C(=O)NCCOC)n2)c1OC. The Morgan fingerprint density at radius 3 is 2.73 bits per heavy atom. The fourth-order valence-corrected chi connectivity index (χ4v) is 4.07. The molecule has 4 N–H and O–H groups in total. The predicted octanol–water partition coefficient (Wildman–Crippen LogP) is 2.63. The van der Waals surface area contributed by atoms with Crippen molar-refractivity contribution in [2.75, 3.05) is 45.0 Å². The fourth-order valence-electron chi connectivity index (χ4n) is 4.07. The number of aromatic nitrogens is 4. The molecular formula is C27H34N8O6. The van der Waals surface area contributed by atoms with Crippen LogP contribution in [0.15, 0.2) is 28.8 Å². The molecule has 0 aliphatic heterocycles. The highest BCUT2D eigenvalue weighted by Crippen LogP contribution is 2.38. The summed E-state index contributed by atoms with van der Waals surface area (Å²) in [5.41, 5.74) is 0.448. The molecule has 218 valence electrons. The lowest BCUT2D eigenvalue weighted by molar-refractivity contribution is -0.123. The molecule has 0 bridgehead atoms. The van der Waals surface area contributed by atoms with Crippen molar-refractivity contribution in [1.29, 1.82) is 0 Å². The first-order chi connectivity index (χ1) is 21.0. The smallest absolute Gasteiger partial charge is 0.273 e. The topological polar surface area (TPSA) is 182 Å². The summed E-state index contributed by atoms with van der Waals surface area (Å²) < 4.78 is 38.4. The van der Waals surface area contributed by atoms with Crippen LogP contribution < -0.4 is 26.0 Å². The van der Waals surface area contributed by atoms with E-state index in [0.717, 1.165) is 12.8 Å². The molecule has 1 aliphatic carbocycles. The van der Waals surface area contributed by atoms with Gasteiger partial charge in [0.25, 0.3) is 5.91 Å². The van der Waals surface area contributed by atoms with E-state index in [2.05, 4.69) is 36.3 Å². The Balaban J connectivity index is 1.66. The summed E-state index contributed by atoms with van der Waals surface area (Å²) in [6.45, 7) is -0.148. The summed E-state index contributed by atoms with van der Waals surface area (Å²) in [5.74, 6) is -1.69. The van der Waals surface area contributed by atoms with Gasteiger partial charge in [-0.25, -0.2) is 0 Å². The summed E-state index contributed by atoms with van der Waals surface area (Å²) in [6, 6.07) is 6.36. The third kappa shape index (κ3) is 7.14. The van der Waals surface area contributed by atoms with Crippen molar-refractivity contribution in [2.24, 2.45) is 5.92 Å². The average molecular weight is 570 g/mol. The number of anilines is 3. The van der Waals surface area contributed by atoms with Crippen LogP contribution in [0.5, 0.6) is 5.75 Å². The minimum atomic E-state index is -2.78. The van der Waals surface area contributed by atoms with E-state index in [4.69, 9.17) is 18.1 Å². The third-order valence-corrected chi connectivity index (χ3v) is 6.29. The molecule has 0 radical (unpaired) electrons. The minimum Gasteiger partial charge on any atom is -0.494 e. The molecule has 3 amide bonds. The van der Waals surface area contributed by atoms with Crippen LogP contribution in [0.4, 0.5) is 17.2 Å².